The largest absolute Gasteiger partial charge is 0.377 e. The minimum atomic E-state index is -0.808. The Bertz CT molecular complexity index is 61.4. The van der Waals surface area contributed by atoms with Gasteiger partial charge in [-0.05, 0) is 0 Å². The van der Waals surface area contributed by atoms with E-state index in [0.717, 1.165) is 6.54 Å². The molecule has 0 aromatic carbocycles. The van der Waals surface area contributed by atoms with Gasteiger partial charge in [-0.1, -0.05) is 0 Å². The molecule has 0 amide bonds. The van der Waals surface area contributed by atoms with Crippen LogP contribution in [0.1, 0.15) is 0 Å². The van der Waals surface area contributed by atoms with Crippen LogP contribution in [0.4, 0.5) is 4.39 Å². The molecule has 8 heavy (non-hydrogen) atoms. The Morgan fingerprint density at radius 1 is 1.62 bits per heavy atom. The van der Waals surface area contributed by atoms with Crippen LogP contribution in [0.15, 0.2) is 0 Å². The maximum absolute atomic E-state index is 12.3. The number of hydrogen-bond acceptors (Lipinski definition) is 2. The zero-order valence-electron chi connectivity index (χ0n) is 4.69. The van der Waals surface area contributed by atoms with Crippen LogP contribution in [0.3, 0.4) is 0 Å². The lowest BCUT2D eigenvalue weighted by Gasteiger charge is -1.99. The average molecular weight is 119 g/mol. The van der Waals surface area contributed by atoms with Gasteiger partial charge in [0.25, 0.3) is 0 Å². The number of alkyl halides is 1. The molecule has 1 heterocycles. The van der Waals surface area contributed by atoms with Crippen LogP contribution in [-0.2, 0) is 4.74 Å². The summed E-state index contributed by atoms with van der Waals surface area (Å²) < 4.78 is 17.1. The molecule has 1 rings (SSSR count). The van der Waals surface area contributed by atoms with Gasteiger partial charge < -0.3 is 10.1 Å². The van der Waals surface area contributed by atoms with E-state index in [2.05, 4.69) is 5.32 Å². The summed E-state index contributed by atoms with van der Waals surface area (Å²) in [7, 11) is 0. The molecule has 1 aliphatic rings. The number of hydrogen-bond donors (Lipinski definition) is 1. The number of rotatable bonds is 0. The van der Waals surface area contributed by atoms with Gasteiger partial charge in [0.1, 0.15) is 6.17 Å². The first-order valence-corrected chi connectivity index (χ1v) is 2.82. The van der Waals surface area contributed by atoms with E-state index in [1.54, 1.807) is 0 Å². The van der Waals surface area contributed by atoms with Crippen LogP contribution in [0.2, 0.25) is 0 Å². The lowest BCUT2D eigenvalue weighted by atomic mass is 10.4. The standard InChI is InChI=1S/C5H10FNO/c6-5-3-7-1-2-8-4-5/h5,7H,1-4H2/t5-/m0/s1. The normalized spacial score (nSPS) is 31.9. The van der Waals surface area contributed by atoms with Crippen LogP contribution < -0.4 is 5.32 Å². The molecule has 1 saturated heterocycles. The highest BCUT2D eigenvalue weighted by Gasteiger charge is 2.08. The maximum atomic E-state index is 12.3. The van der Waals surface area contributed by atoms with Gasteiger partial charge in [-0.2, -0.15) is 0 Å². The second-order valence-corrected chi connectivity index (χ2v) is 1.88. The summed E-state index contributed by atoms with van der Waals surface area (Å²) in [6, 6.07) is 0. The number of ether oxygens (including phenoxy) is 1. The molecule has 0 aromatic rings. The van der Waals surface area contributed by atoms with E-state index in [4.69, 9.17) is 4.74 Å². The highest BCUT2D eigenvalue weighted by atomic mass is 19.1. The fourth-order valence-corrected chi connectivity index (χ4v) is 0.673. The lowest BCUT2D eigenvalue weighted by molar-refractivity contribution is 0.105. The Morgan fingerprint density at radius 2 is 2.50 bits per heavy atom. The maximum Gasteiger partial charge on any atom is 0.136 e. The lowest BCUT2D eigenvalue weighted by Crippen LogP contribution is -2.23. The number of nitrogens with one attached hydrogen (secondary N) is 1. The molecule has 1 fully saturated rings. The quantitative estimate of drug-likeness (QED) is 0.482. The number of halogens is 1. The highest BCUT2D eigenvalue weighted by Crippen LogP contribution is 1.92. The van der Waals surface area contributed by atoms with Gasteiger partial charge in [-0.3, -0.25) is 0 Å². The van der Waals surface area contributed by atoms with Crippen molar-refractivity contribution in [3.8, 4) is 0 Å². The predicted octanol–water partition coefficient (Wildman–Crippen LogP) is -0.0557. The second-order valence-electron chi connectivity index (χ2n) is 1.88. The van der Waals surface area contributed by atoms with Crippen molar-refractivity contribution in [1.82, 2.24) is 5.32 Å². The van der Waals surface area contributed by atoms with E-state index >= 15 is 0 Å². The predicted molar refractivity (Wildman–Crippen MR) is 28.6 cm³/mol. The zero-order valence-corrected chi connectivity index (χ0v) is 4.69. The van der Waals surface area contributed by atoms with Crippen molar-refractivity contribution in [2.75, 3.05) is 26.3 Å². The highest BCUT2D eigenvalue weighted by molar-refractivity contribution is 4.61. The zero-order chi connectivity index (χ0) is 5.82. The molecule has 0 aliphatic carbocycles. The SMILES string of the molecule is F[C@H]1CNCCOC1. The van der Waals surface area contributed by atoms with Crippen LogP contribution in [0, 0.1) is 0 Å². The third-order valence-corrected chi connectivity index (χ3v) is 1.09. The molecule has 0 saturated carbocycles. The van der Waals surface area contributed by atoms with Crippen molar-refractivity contribution in [2.24, 2.45) is 0 Å². The van der Waals surface area contributed by atoms with Crippen molar-refractivity contribution in [1.29, 1.82) is 0 Å². The molecule has 1 N–H and O–H groups in total. The molecule has 1 atom stereocenters. The van der Waals surface area contributed by atoms with Crippen molar-refractivity contribution in [2.45, 2.75) is 6.17 Å². The first-order valence-electron chi connectivity index (χ1n) is 2.82. The molecule has 1 aliphatic heterocycles. The van der Waals surface area contributed by atoms with Crippen LogP contribution in [0.5, 0.6) is 0 Å². The Morgan fingerprint density at radius 3 is 3.38 bits per heavy atom. The minimum Gasteiger partial charge on any atom is -0.377 e. The Kier molecular flexibility index (Phi) is 2.24. The van der Waals surface area contributed by atoms with E-state index in [-0.39, 0.29) is 6.61 Å². The summed E-state index contributed by atoms with van der Waals surface area (Å²) in [4.78, 5) is 0. The molecule has 3 heteroatoms. The summed E-state index contributed by atoms with van der Waals surface area (Å²) >= 11 is 0. The summed E-state index contributed by atoms with van der Waals surface area (Å²) in [5.74, 6) is 0. The topological polar surface area (TPSA) is 21.3 Å². The summed E-state index contributed by atoms with van der Waals surface area (Å²) in [6.45, 7) is 2.12. The Hall–Kier alpha value is -0.150. The van der Waals surface area contributed by atoms with Crippen LogP contribution in [0.25, 0.3) is 0 Å². The van der Waals surface area contributed by atoms with Gasteiger partial charge in [0.15, 0.2) is 0 Å². The summed E-state index contributed by atoms with van der Waals surface area (Å²) in [5.41, 5.74) is 0. The van der Waals surface area contributed by atoms with Crippen molar-refractivity contribution in [3.05, 3.63) is 0 Å². The van der Waals surface area contributed by atoms with Gasteiger partial charge >= 0.3 is 0 Å². The minimum absolute atomic E-state index is 0.257. The molecule has 0 aromatic heterocycles. The molecule has 2 nitrogen and oxygen atoms in total. The van der Waals surface area contributed by atoms with E-state index in [9.17, 15) is 4.39 Å². The monoisotopic (exact) mass is 119 g/mol. The Balaban J connectivity index is 2.17. The molecule has 0 unspecified atom stereocenters. The van der Waals surface area contributed by atoms with Gasteiger partial charge in [0.05, 0.1) is 13.2 Å². The Labute approximate surface area is 48.0 Å². The van der Waals surface area contributed by atoms with Gasteiger partial charge in [-0.25, -0.2) is 4.39 Å². The fourth-order valence-electron chi connectivity index (χ4n) is 0.673. The molecular weight excluding hydrogens is 109 g/mol. The van der Waals surface area contributed by atoms with E-state index in [1.165, 1.54) is 0 Å². The second kappa shape index (κ2) is 2.99. The van der Waals surface area contributed by atoms with Crippen LogP contribution >= 0.6 is 0 Å². The van der Waals surface area contributed by atoms with E-state index in [1.807, 2.05) is 0 Å². The summed E-state index contributed by atoms with van der Waals surface area (Å²) in [6.07, 6.45) is -0.808. The van der Waals surface area contributed by atoms with E-state index in [0.29, 0.717) is 13.2 Å². The van der Waals surface area contributed by atoms with Crippen LogP contribution in [-0.4, -0.2) is 32.5 Å². The third-order valence-electron chi connectivity index (χ3n) is 1.09. The third kappa shape index (κ3) is 1.76. The van der Waals surface area contributed by atoms with Crippen molar-refractivity contribution < 1.29 is 9.13 Å². The molecular formula is C5H10FNO. The first kappa shape index (κ1) is 5.98. The average Bonchev–Trinajstić information content (AvgIpc) is 1.94. The van der Waals surface area contributed by atoms with Crippen molar-refractivity contribution in [3.63, 3.8) is 0 Å². The first-order chi connectivity index (χ1) is 3.89. The van der Waals surface area contributed by atoms with Crippen molar-refractivity contribution >= 4 is 0 Å². The molecule has 0 radical (unpaired) electrons. The fraction of sp³-hybridized carbons (Fsp3) is 1.00. The molecule has 0 bridgehead atoms. The molecule has 0 spiro atoms. The molecule has 48 valence electrons. The van der Waals surface area contributed by atoms with E-state index < -0.39 is 6.17 Å². The van der Waals surface area contributed by atoms with Gasteiger partial charge in [-0.15, -0.1) is 0 Å². The van der Waals surface area contributed by atoms with Gasteiger partial charge in [0, 0.05) is 13.1 Å². The summed E-state index contributed by atoms with van der Waals surface area (Å²) in [5, 5.41) is 2.90. The smallest absolute Gasteiger partial charge is 0.136 e. The van der Waals surface area contributed by atoms with Gasteiger partial charge in [0.2, 0.25) is 0 Å².